The fourth-order valence-corrected chi connectivity index (χ4v) is 2.82. The summed E-state index contributed by atoms with van der Waals surface area (Å²) in [6.07, 6.45) is 5.09. The van der Waals surface area contributed by atoms with Crippen LogP contribution in [0.4, 0.5) is 0 Å². The van der Waals surface area contributed by atoms with Gasteiger partial charge in [0.1, 0.15) is 5.75 Å². The molecule has 0 fully saturated rings. The van der Waals surface area contributed by atoms with Crippen LogP contribution in [-0.4, -0.2) is 53.7 Å². The number of aromatic nitrogens is 3. The lowest BCUT2D eigenvalue weighted by Crippen LogP contribution is -2.22. The number of H-pyrrole nitrogens is 1. The minimum Gasteiger partial charge on any atom is -0.496 e. The Kier molecular flexibility index (Phi) is 5.16. The standard InChI is InChI=1S/C18H22N4O3/c1-21(8-9-24-2)12-13-4-5-16(25-3)14(10-13)15-11-20-17-18(23)19-6-7-22(15)17/h4-7,10-11H,8-9,12H2,1-3H3,(H,19,23). The first-order valence-electron chi connectivity index (χ1n) is 8.03. The first-order chi connectivity index (χ1) is 12.1. The highest BCUT2D eigenvalue weighted by molar-refractivity contribution is 5.70. The Bertz CT molecular complexity index is 916. The van der Waals surface area contributed by atoms with Crippen molar-refractivity contribution in [2.45, 2.75) is 6.54 Å². The van der Waals surface area contributed by atoms with E-state index in [1.807, 2.05) is 12.1 Å². The van der Waals surface area contributed by atoms with Gasteiger partial charge in [0.2, 0.25) is 5.65 Å². The number of nitrogens with zero attached hydrogens (tertiary/aromatic N) is 3. The summed E-state index contributed by atoms with van der Waals surface area (Å²) < 4.78 is 12.4. The van der Waals surface area contributed by atoms with Crippen LogP contribution in [0.1, 0.15) is 5.56 Å². The fraction of sp³-hybridized carbons (Fsp3) is 0.333. The monoisotopic (exact) mass is 342 g/mol. The quantitative estimate of drug-likeness (QED) is 0.709. The highest BCUT2D eigenvalue weighted by Crippen LogP contribution is 2.31. The van der Waals surface area contributed by atoms with E-state index in [-0.39, 0.29) is 5.56 Å². The van der Waals surface area contributed by atoms with E-state index >= 15 is 0 Å². The third-order valence-electron chi connectivity index (χ3n) is 4.11. The number of likely N-dealkylation sites (N-methyl/N-ethyl adjacent to an activating group) is 1. The van der Waals surface area contributed by atoms with Gasteiger partial charge in [-0.3, -0.25) is 14.1 Å². The molecule has 0 saturated heterocycles. The molecule has 0 spiro atoms. The van der Waals surface area contributed by atoms with E-state index in [0.29, 0.717) is 12.3 Å². The molecule has 0 amide bonds. The Labute approximate surface area is 145 Å². The largest absolute Gasteiger partial charge is 0.496 e. The fourth-order valence-electron chi connectivity index (χ4n) is 2.82. The second-order valence-corrected chi connectivity index (χ2v) is 5.89. The lowest BCUT2D eigenvalue weighted by molar-refractivity contribution is 0.158. The molecule has 3 aromatic rings. The Balaban J connectivity index is 2.00. The molecule has 3 rings (SSSR count). The Morgan fingerprint density at radius 1 is 1.32 bits per heavy atom. The van der Waals surface area contributed by atoms with Crippen molar-refractivity contribution < 1.29 is 9.47 Å². The number of ether oxygens (including phenoxy) is 2. The smallest absolute Gasteiger partial charge is 0.291 e. The van der Waals surface area contributed by atoms with Crippen molar-refractivity contribution in [1.82, 2.24) is 19.3 Å². The summed E-state index contributed by atoms with van der Waals surface area (Å²) in [5.74, 6) is 0.741. The number of hydrogen-bond acceptors (Lipinski definition) is 5. The highest BCUT2D eigenvalue weighted by atomic mass is 16.5. The average Bonchev–Trinajstić information content (AvgIpc) is 3.05. The zero-order valence-corrected chi connectivity index (χ0v) is 14.7. The SMILES string of the molecule is COCCN(C)Cc1ccc(OC)c(-c2cnc3c(=O)[nH]ccn23)c1. The molecular weight excluding hydrogens is 320 g/mol. The molecule has 1 N–H and O–H groups in total. The molecule has 7 nitrogen and oxygen atoms in total. The van der Waals surface area contributed by atoms with Gasteiger partial charge in [0.25, 0.3) is 5.56 Å². The molecule has 2 aromatic heterocycles. The first-order valence-corrected chi connectivity index (χ1v) is 8.03. The summed E-state index contributed by atoms with van der Waals surface area (Å²) in [6, 6.07) is 6.07. The number of hydrogen-bond donors (Lipinski definition) is 1. The first kappa shape index (κ1) is 17.2. The van der Waals surface area contributed by atoms with E-state index in [1.165, 1.54) is 0 Å². The maximum Gasteiger partial charge on any atom is 0.291 e. The molecule has 0 atom stereocenters. The molecular formula is C18H22N4O3. The molecule has 0 aliphatic heterocycles. The molecule has 2 heterocycles. The van der Waals surface area contributed by atoms with Crippen LogP contribution in [0.5, 0.6) is 5.75 Å². The maximum absolute atomic E-state index is 11.9. The minimum absolute atomic E-state index is 0.219. The zero-order valence-electron chi connectivity index (χ0n) is 14.7. The summed E-state index contributed by atoms with van der Waals surface area (Å²) >= 11 is 0. The molecule has 0 aliphatic carbocycles. The summed E-state index contributed by atoms with van der Waals surface area (Å²) in [5, 5.41) is 0. The second kappa shape index (κ2) is 7.50. The average molecular weight is 342 g/mol. The third kappa shape index (κ3) is 3.57. The molecule has 0 radical (unpaired) electrons. The topological polar surface area (TPSA) is 71.9 Å². The van der Waals surface area contributed by atoms with Crippen LogP contribution in [0, 0.1) is 0 Å². The predicted octanol–water partition coefficient (Wildman–Crippen LogP) is 1.78. The summed E-state index contributed by atoms with van der Waals surface area (Å²) in [6.45, 7) is 2.33. The Morgan fingerprint density at radius 2 is 2.16 bits per heavy atom. The van der Waals surface area contributed by atoms with Gasteiger partial charge in [-0.25, -0.2) is 4.98 Å². The van der Waals surface area contributed by atoms with E-state index in [9.17, 15) is 4.79 Å². The minimum atomic E-state index is -0.219. The van der Waals surface area contributed by atoms with E-state index in [0.717, 1.165) is 35.7 Å². The van der Waals surface area contributed by atoms with Crippen LogP contribution in [0.3, 0.4) is 0 Å². The van der Waals surface area contributed by atoms with E-state index < -0.39 is 0 Å². The van der Waals surface area contributed by atoms with Crippen molar-refractivity contribution >= 4 is 5.65 Å². The molecule has 0 saturated carbocycles. The lowest BCUT2D eigenvalue weighted by Gasteiger charge is -2.17. The molecule has 0 bridgehead atoms. The Hall–Kier alpha value is -2.64. The van der Waals surface area contributed by atoms with E-state index in [1.54, 1.807) is 37.2 Å². The van der Waals surface area contributed by atoms with Crippen molar-refractivity contribution in [2.75, 3.05) is 34.4 Å². The van der Waals surface area contributed by atoms with Crippen LogP contribution < -0.4 is 10.3 Å². The predicted molar refractivity (Wildman–Crippen MR) is 96.0 cm³/mol. The summed E-state index contributed by atoms with van der Waals surface area (Å²) in [7, 11) is 5.39. The summed E-state index contributed by atoms with van der Waals surface area (Å²) in [4.78, 5) is 21.0. The van der Waals surface area contributed by atoms with Gasteiger partial charge in [-0.1, -0.05) is 6.07 Å². The van der Waals surface area contributed by atoms with Crippen molar-refractivity contribution in [3.63, 3.8) is 0 Å². The Morgan fingerprint density at radius 3 is 2.92 bits per heavy atom. The number of imidazole rings is 1. The van der Waals surface area contributed by atoms with Gasteiger partial charge in [0.05, 0.1) is 25.6 Å². The molecule has 0 unspecified atom stereocenters. The molecule has 0 aliphatic rings. The lowest BCUT2D eigenvalue weighted by atomic mass is 10.1. The van der Waals surface area contributed by atoms with Gasteiger partial charge >= 0.3 is 0 Å². The van der Waals surface area contributed by atoms with Crippen LogP contribution >= 0.6 is 0 Å². The number of nitrogens with one attached hydrogen (secondary N) is 1. The second-order valence-electron chi connectivity index (χ2n) is 5.89. The zero-order chi connectivity index (χ0) is 17.8. The summed E-state index contributed by atoms with van der Waals surface area (Å²) in [5.41, 5.74) is 3.01. The van der Waals surface area contributed by atoms with Crippen molar-refractivity contribution in [3.8, 4) is 17.0 Å². The van der Waals surface area contributed by atoms with Gasteiger partial charge in [-0.15, -0.1) is 0 Å². The van der Waals surface area contributed by atoms with Gasteiger partial charge < -0.3 is 14.5 Å². The number of aromatic amines is 1. The van der Waals surface area contributed by atoms with E-state index in [2.05, 4.69) is 28.0 Å². The highest BCUT2D eigenvalue weighted by Gasteiger charge is 2.14. The molecule has 25 heavy (non-hydrogen) atoms. The maximum atomic E-state index is 11.9. The third-order valence-corrected chi connectivity index (χ3v) is 4.11. The van der Waals surface area contributed by atoms with Crippen molar-refractivity contribution in [2.24, 2.45) is 0 Å². The van der Waals surface area contributed by atoms with Gasteiger partial charge in [-0.05, 0) is 24.7 Å². The van der Waals surface area contributed by atoms with Crippen molar-refractivity contribution in [1.29, 1.82) is 0 Å². The number of benzene rings is 1. The number of methoxy groups -OCH3 is 2. The van der Waals surface area contributed by atoms with Gasteiger partial charge in [0, 0.05) is 38.2 Å². The number of rotatable bonds is 7. The molecule has 132 valence electrons. The van der Waals surface area contributed by atoms with Crippen LogP contribution in [0.25, 0.3) is 16.9 Å². The van der Waals surface area contributed by atoms with Crippen LogP contribution in [-0.2, 0) is 11.3 Å². The number of fused-ring (bicyclic) bond motifs is 1. The van der Waals surface area contributed by atoms with E-state index in [4.69, 9.17) is 9.47 Å². The van der Waals surface area contributed by atoms with Gasteiger partial charge in [-0.2, -0.15) is 0 Å². The van der Waals surface area contributed by atoms with Crippen LogP contribution in [0.15, 0.2) is 41.6 Å². The van der Waals surface area contributed by atoms with Gasteiger partial charge in [0.15, 0.2) is 0 Å². The molecule has 1 aromatic carbocycles. The normalized spacial score (nSPS) is 11.4. The van der Waals surface area contributed by atoms with Crippen LogP contribution in [0.2, 0.25) is 0 Å². The molecule has 7 heteroatoms. The van der Waals surface area contributed by atoms with Crippen molar-refractivity contribution in [3.05, 3.63) is 52.7 Å².